The van der Waals surface area contributed by atoms with Crippen molar-refractivity contribution in [1.82, 2.24) is 0 Å². The zero-order chi connectivity index (χ0) is 14.3. The van der Waals surface area contributed by atoms with Crippen LogP contribution in [0.25, 0.3) is 0 Å². The summed E-state index contributed by atoms with van der Waals surface area (Å²) in [4.78, 5) is 0. The smallest absolute Gasteiger partial charge is 0.0697 e. The Kier molecular flexibility index (Phi) is 3.08. The molecule has 1 spiro atoms. The fraction of sp³-hybridized carbons (Fsp3) is 0.632. The predicted molar refractivity (Wildman–Crippen MR) is 81.8 cm³/mol. The topological polar surface area (TPSA) is 33.0 Å². The molecule has 0 bridgehead atoms. The maximum Gasteiger partial charge on any atom is 0.0697 e. The number of hydrogen-bond acceptors (Lipinski definition) is 2. The summed E-state index contributed by atoms with van der Waals surface area (Å²) in [5, 5.41) is 9.80. The number of nitriles is 1. The minimum absolute atomic E-state index is 0.187. The normalized spacial score (nSPS) is 28.6. The van der Waals surface area contributed by atoms with E-state index in [0.717, 1.165) is 25.7 Å². The van der Waals surface area contributed by atoms with Gasteiger partial charge in [-0.1, -0.05) is 37.1 Å². The van der Waals surface area contributed by atoms with Gasteiger partial charge in [-0.15, -0.1) is 0 Å². The lowest BCUT2D eigenvalue weighted by Gasteiger charge is -2.28. The van der Waals surface area contributed by atoms with Gasteiger partial charge in [0.1, 0.15) is 0 Å². The average molecular weight is 281 g/mol. The zero-order valence-electron chi connectivity index (χ0n) is 12.6. The molecule has 1 aromatic rings. The minimum Gasteiger partial charge on any atom is -0.372 e. The van der Waals surface area contributed by atoms with Crippen molar-refractivity contribution >= 4 is 0 Å². The second-order valence-corrected chi connectivity index (χ2v) is 7.39. The Hall–Kier alpha value is -1.33. The Balaban J connectivity index is 1.48. The van der Waals surface area contributed by atoms with Crippen molar-refractivity contribution in [3.63, 3.8) is 0 Å². The van der Waals surface area contributed by atoms with Crippen molar-refractivity contribution in [3.05, 3.63) is 35.4 Å². The molecule has 0 radical (unpaired) electrons. The van der Waals surface area contributed by atoms with Crippen LogP contribution in [0.15, 0.2) is 24.3 Å². The summed E-state index contributed by atoms with van der Waals surface area (Å²) in [6.45, 7) is 0. The van der Waals surface area contributed by atoms with E-state index < -0.39 is 0 Å². The predicted octanol–water partition coefficient (Wildman–Crippen LogP) is 4.18. The fourth-order valence-electron chi connectivity index (χ4n) is 4.83. The number of ether oxygens (including phenoxy) is 1. The number of fused-ring (bicyclic) bond motifs is 1. The molecule has 1 unspecified atom stereocenters. The third-order valence-electron chi connectivity index (χ3n) is 5.89. The first kappa shape index (κ1) is 13.3. The van der Waals surface area contributed by atoms with E-state index in [-0.39, 0.29) is 11.0 Å². The first-order valence-corrected chi connectivity index (χ1v) is 8.39. The third kappa shape index (κ3) is 2.28. The van der Waals surface area contributed by atoms with Crippen LogP contribution in [0.3, 0.4) is 0 Å². The Labute approximate surface area is 127 Å². The van der Waals surface area contributed by atoms with Crippen LogP contribution in [0.5, 0.6) is 0 Å². The van der Waals surface area contributed by atoms with Crippen molar-refractivity contribution in [3.8, 4) is 6.07 Å². The van der Waals surface area contributed by atoms with Gasteiger partial charge in [-0.3, -0.25) is 0 Å². The van der Waals surface area contributed by atoms with Crippen LogP contribution in [0.2, 0.25) is 0 Å². The number of nitrogens with zero attached hydrogens (tertiary/aromatic N) is 1. The largest absolute Gasteiger partial charge is 0.372 e. The van der Waals surface area contributed by atoms with Gasteiger partial charge < -0.3 is 4.74 Å². The molecule has 0 amide bonds. The molecule has 1 atom stereocenters. The molecule has 110 valence electrons. The molecule has 2 heteroatoms. The first-order valence-electron chi connectivity index (χ1n) is 8.39. The van der Waals surface area contributed by atoms with Gasteiger partial charge in [0, 0.05) is 0 Å². The van der Waals surface area contributed by atoms with E-state index in [1.165, 1.54) is 43.2 Å². The lowest BCUT2D eigenvalue weighted by atomic mass is 9.80. The highest BCUT2D eigenvalue weighted by Crippen LogP contribution is 2.48. The summed E-state index contributed by atoms with van der Waals surface area (Å²) in [5.74, 6) is 0. The van der Waals surface area contributed by atoms with Crippen LogP contribution in [0, 0.1) is 16.7 Å². The van der Waals surface area contributed by atoms with Gasteiger partial charge in [-0.25, -0.2) is 0 Å². The molecule has 2 nitrogen and oxygen atoms in total. The van der Waals surface area contributed by atoms with Gasteiger partial charge in [-0.2, -0.15) is 5.26 Å². The molecular formula is C19H23NO. The molecule has 21 heavy (non-hydrogen) atoms. The summed E-state index contributed by atoms with van der Waals surface area (Å²) in [6.07, 6.45) is 10.5. The molecule has 3 aliphatic rings. The molecule has 1 aliphatic heterocycles. The summed E-state index contributed by atoms with van der Waals surface area (Å²) in [6, 6.07) is 11.2. The van der Waals surface area contributed by atoms with Gasteiger partial charge in [0.2, 0.25) is 0 Å². The van der Waals surface area contributed by atoms with Crippen LogP contribution < -0.4 is 0 Å². The van der Waals surface area contributed by atoms with Crippen molar-refractivity contribution in [2.24, 2.45) is 5.41 Å². The minimum atomic E-state index is -0.224. The molecule has 1 saturated heterocycles. The monoisotopic (exact) mass is 281 g/mol. The maximum absolute atomic E-state index is 9.80. The van der Waals surface area contributed by atoms with Crippen LogP contribution >= 0.6 is 0 Å². The van der Waals surface area contributed by atoms with Gasteiger partial charge in [0.05, 0.1) is 23.2 Å². The highest BCUT2D eigenvalue weighted by atomic mass is 16.5. The van der Waals surface area contributed by atoms with Crippen LogP contribution in [0.1, 0.15) is 56.1 Å². The molecule has 0 N–H and O–H groups in total. The fourth-order valence-corrected chi connectivity index (χ4v) is 4.83. The van der Waals surface area contributed by atoms with Crippen LogP contribution in [0.4, 0.5) is 0 Å². The SMILES string of the molecule is N#CC1(CC2CCC3(CCCC3)O2)Cc2ccccc2C1. The van der Waals surface area contributed by atoms with E-state index in [0.29, 0.717) is 6.10 Å². The lowest BCUT2D eigenvalue weighted by Crippen LogP contribution is -2.29. The molecule has 0 aromatic heterocycles. The highest BCUT2D eigenvalue weighted by molar-refractivity contribution is 5.37. The Morgan fingerprint density at radius 3 is 2.38 bits per heavy atom. The Morgan fingerprint density at radius 2 is 1.76 bits per heavy atom. The van der Waals surface area contributed by atoms with E-state index in [1.807, 2.05) is 0 Å². The number of benzene rings is 1. The first-order chi connectivity index (χ1) is 10.2. The van der Waals surface area contributed by atoms with Crippen molar-refractivity contribution in [1.29, 1.82) is 5.26 Å². The highest BCUT2D eigenvalue weighted by Gasteiger charge is 2.46. The van der Waals surface area contributed by atoms with Crippen molar-refractivity contribution in [2.75, 3.05) is 0 Å². The quantitative estimate of drug-likeness (QED) is 0.814. The second kappa shape index (κ2) is 4.85. The van der Waals surface area contributed by atoms with Crippen molar-refractivity contribution < 1.29 is 4.74 Å². The standard InChI is InChI=1S/C19H23NO/c20-14-18(11-15-5-1-2-6-16(15)12-18)13-17-7-10-19(21-17)8-3-4-9-19/h1-2,5-6,17H,3-4,7-13H2. The van der Waals surface area contributed by atoms with E-state index in [1.54, 1.807) is 0 Å². The van der Waals surface area contributed by atoms with E-state index in [2.05, 4.69) is 30.3 Å². The van der Waals surface area contributed by atoms with Crippen molar-refractivity contribution in [2.45, 2.75) is 69.5 Å². The molecule has 2 fully saturated rings. The summed E-state index contributed by atoms with van der Waals surface area (Å²) in [5.41, 5.74) is 2.70. The summed E-state index contributed by atoms with van der Waals surface area (Å²) < 4.78 is 6.45. The van der Waals surface area contributed by atoms with Gasteiger partial charge in [-0.05, 0) is 56.1 Å². The Morgan fingerprint density at radius 1 is 1.10 bits per heavy atom. The molecule has 2 aliphatic carbocycles. The third-order valence-corrected chi connectivity index (χ3v) is 5.89. The van der Waals surface area contributed by atoms with Crippen LogP contribution in [-0.4, -0.2) is 11.7 Å². The lowest BCUT2D eigenvalue weighted by molar-refractivity contribution is -0.0481. The maximum atomic E-state index is 9.80. The molecular weight excluding hydrogens is 258 g/mol. The van der Waals surface area contributed by atoms with E-state index in [9.17, 15) is 5.26 Å². The molecule has 1 heterocycles. The van der Waals surface area contributed by atoms with E-state index in [4.69, 9.17) is 4.74 Å². The summed E-state index contributed by atoms with van der Waals surface area (Å²) in [7, 11) is 0. The molecule has 1 aromatic carbocycles. The zero-order valence-corrected chi connectivity index (χ0v) is 12.6. The summed E-state index contributed by atoms with van der Waals surface area (Å²) >= 11 is 0. The Bertz CT molecular complexity index is 554. The number of rotatable bonds is 2. The average Bonchev–Trinajstić information content (AvgIpc) is 3.19. The number of hydrogen-bond donors (Lipinski definition) is 0. The van der Waals surface area contributed by atoms with Gasteiger partial charge >= 0.3 is 0 Å². The van der Waals surface area contributed by atoms with Gasteiger partial charge in [0.15, 0.2) is 0 Å². The molecule has 1 saturated carbocycles. The van der Waals surface area contributed by atoms with Crippen LogP contribution in [-0.2, 0) is 17.6 Å². The second-order valence-electron chi connectivity index (χ2n) is 7.39. The molecule has 4 rings (SSSR count). The van der Waals surface area contributed by atoms with Gasteiger partial charge in [0.25, 0.3) is 0 Å². The van der Waals surface area contributed by atoms with E-state index >= 15 is 0 Å².